The van der Waals surface area contributed by atoms with E-state index in [2.05, 4.69) is 15.9 Å². The van der Waals surface area contributed by atoms with Gasteiger partial charge in [-0.15, -0.1) is 0 Å². The Bertz CT molecular complexity index is 1350. The van der Waals surface area contributed by atoms with Crippen LogP contribution in [-0.4, -0.2) is 31.2 Å². The first-order valence-corrected chi connectivity index (χ1v) is 13.7. The average molecular weight is 603 g/mol. The van der Waals surface area contributed by atoms with Gasteiger partial charge in [0.25, 0.3) is 0 Å². The first-order valence-electron chi connectivity index (χ1n) is 10.4. The molecule has 34 heavy (non-hydrogen) atoms. The van der Waals surface area contributed by atoms with E-state index in [1.165, 1.54) is 24.3 Å². The third-order valence-corrected chi connectivity index (χ3v) is 8.92. The molecule has 0 saturated carbocycles. The van der Waals surface area contributed by atoms with Crippen molar-refractivity contribution in [2.75, 3.05) is 11.4 Å². The van der Waals surface area contributed by atoms with Crippen LogP contribution >= 0.6 is 50.7 Å². The topological polar surface area (TPSA) is 57.7 Å². The fraction of sp³-hybridized carbons (Fsp3) is 0.208. The fourth-order valence-electron chi connectivity index (χ4n) is 4.03. The summed E-state index contributed by atoms with van der Waals surface area (Å²) in [6, 6.07) is 16.4. The molecule has 3 aromatic carbocycles. The zero-order valence-electron chi connectivity index (χ0n) is 18.0. The predicted molar refractivity (Wildman–Crippen MR) is 140 cm³/mol. The van der Waals surface area contributed by atoms with Crippen LogP contribution in [0.25, 0.3) is 0 Å². The molecule has 4 rings (SSSR count). The molecule has 1 atom stereocenters. The normalized spacial score (nSPS) is 15.6. The van der Waals surface area contributed by atoms with E-state index >= 15 is 0 Å². The van der Waals surface area contributed by atoms with E-state index in [9.17, 15) is 13.2 Å². The van der Waals surface area contributed by atoms with Crippen molar-refractivity contribution in [1.82, 2.24) is 4.31 Å². The molecule has 1 aliphatic heterocycles. The van der Waals surface area contributed by atoms with E-state index < -0.39 is 10.0 Å². The van der Waals surface area contributed by atoms with Crippen LogP contribution in [0.1, 0.15) is 18.1 Å². The predicted octanol–water partition coefficient (Wildman–Crippen LogP) is 6.58. The smallest absolute Gasteiger partial charge is 0.243 e. The number of carbonyl (C=O) groups is 1. The Hall–Kier alpha value is -1.61. The molecule has 1 aliphatic rings. The molecular weight excluding hydrogens is 583 g/mol. The monoisotopic (exact) mass is 600 g/mol. The van der Waals surface area contributed by atoms with Crippen molar-refractivity contribution in [1.29, 1.82) is 0 Å². The number of fused-ring (bicyclic) bond motifs is 1. The van der Waals surface area contributed by atoms with Gasteiger partial charge >= 0.3 is 0 Å². The van der Waals surface area contributed by atoms with Gasteiger partial charge in [-0.05, 0) is 79.1 Å². The SMILES string of the molecule is C[C@H]1Cc2cc(Br)ccc2N1C(=O)CN(Cc1ccc(Cl)c(Cl)c1)S(=O)(=O)c1ccc(Cl)cc1. The maximum atomic E-state index is 13.6. The van der Waals surface area contributed by atoms with Crippen LogP contribution < -0.4 is 4.90 Å². The Morgan fingerprint density at radius 1 is 1.03 bits per heavy atom. The number of halogens is 4. The lowest BCUT2D eigenvalue weighted by molar-refractivity contribution is -0.119. The Morgan fingerprint density at radius 2 is 1.74 bits per heavy atom. The van der Waals surface area contributed by atoms with E-state index in [4.69, 9.17) is 34.8 Å². The molecule has 0 aliphatic carbocycles. The highest BCUT2D eigenvalue weighted by molar-refractivity contribution is 9.10. The van der Waals surface area contributed by atoms with Gasteiger partial charge in [-0.25, -0.2) is 8.42 Å². The minimum atomic E-state index is -4.02. The zero-order valence-corrected chi connectivity index (χ0v) is 22.7. The fourth-order valence-corrected chi connectivity index (χ4v) is 6.26. The third-order valence-electron chi connectivity index (χ3n) is 5.63. The first kappa shape index (κ1) is 25.5. The Morgan fingerprint density at radius 3 is 2.41 bits per heavy atom. The van der Waals surface area contributed by atoms with Crippen LogP contribution in [0, 0.1) is 0 Å². The summed E-state index contributed by atoms with van der Waals surface area (Å²) < 4.78 is 29.2. The number of amides is 1. The standard InChI is InChI=1S/C24H20BrCl3N2O3S/c1-15-10-17-12-18(25)3-9-23(17)30(15)24(31)14-29(13-16-2-8-21(27)22(28)11-16)34(32,33)20-6-4-19(26)5-7-20/h2-9,11-12,15H,10,13-14H2,1H3/t15-/m0/s1. The second-order valence-corrected chi connectivity index (χ2v) is 12.2. The van der Waals surface area contributed by atoms with Crippen molar-refractivity contribution in [3.63, 3.8) is 0 Å². The number of nitrogens with zero attached hydrogens (tertiary/aromatic N) is 2. The van der Waals surface area contributed by atoms with Crippen LogP contribution in [-0.2, 0) is 27.8 Å². The Labute approximate surface area is 222 Å². The average Bonchev–Trinajstić information content (AvgIpc) is 3.10. The van der Waals surface area contributed by atoms with E-state index in [1.54, 1.807) is 23.1 Å². The summed E-state index contributed by atoms with van der Waals surface area (Å²) in [5.74, 6) is -0.314. The third kappa shape index (κ3) is 5.30. The summed E-state index contributed by atoms with van der Waals surface area (Å²) >= 11 is 21.6. The highest BCUT2D eigenvalue weighted by Gasteiger charge is 2.34. The minimum Gasteiger partial charge on any atom is -0.308 e. The number of rotatable bonds is 6. The van der Waals surface area contributed by atoms with Gasteiger partial charge in [0.05, 0.1) is 21.5 Å². The molecule has 5 nitrogen and oxygen atoms in total. The largest absolute Gasteiger partial charge is 0.308 e. The molecule has 0 bridgehead atoms. The van der Waals surface area contributed by atoms with Gasteiger partial charge in [0.1, 0.15) is 0 Å². The van der Waals surface area contributed by atoms with E-state index in [1.807, 2.05) is 25.1 Å². The molecule has 0 fully saturated rings. The van der Waals surface area contributed by atoms with Crippen molar-refractivity contribution in [3.05, 3.63) is 91.3 Å². The quantitative estimate of drug-likeness (QED) is 0.320. The van der Waals surface area contributed by atoms with Crippen LogP contribution in [0.4, 0.5) is 5.69 Å². The molecule has 0 N–H and O–H groups in total. The van der Waals surface area contributed by atoms with Crippen LogP contribution in [0.5, 0.6) is 0 Å². The molecule has 0 saturated heterocycles. The number of benzene rings is 3. The molecule has 0 radical (unpaired) electrons. The number of hydrogen-bond donors (Lipinski definition) is 0. The van der Waals surface area contributed by atoms with Gasteiger partial charge in [0, 0.05) is 27.8 Å². The second-order valence-electron chi connectivity index (χ2n) is 8.07. The molecule has 1 amide bonds. The zero-order chi connectivity index (χ0) is 24.6. The summed E-state index contributed by atoms with van der Waals surface area (Å²) in [6.07, 6.45) is 0.692. The Kier molecular flexibility index (Phi) is 7.62. The van der Waals surface area contributed by atoms with Gasteiger partial charge in [-0.1, -0.05) is 56.8 Å². The number of anilines is 1. The molecule has 178 valence electrons. The summed E-state index contributed by atoms with van der Waals surface area (Å²) in [7, 11) is -4.02. The van der Waals surface area contributed by atoms with Crippen molar-refractivity contribution in [2.45, 2.75) is 30.8 Å². The van der Waals surface area contributed by atoms with Gasteiger partial charge in [-0.3, -0.25) is 4.79 Å². The van der Waals surface area contributed by atoms with Crippen molar-refractivity contribution in [3.8, 4) is 0 Å². The lowest BCUT2D eigenvalue weighted by Crippen LogP contribution is -2.44. The number of hydrogen-bond acceptors (Lipinski definition) is 3. The molecule has 10 heteroatoms. The van der Waals surface area contributed by atoms with Crippen LogP contribution in [0.15, 0.2) is 70.0 Å². The number of carbonyl (C=O) groups excluding carboxylic acids is 1. The second kappa shape index (κ2) is 10.2. The molecule has 1 heterocycles. The molecule has 0 spiro atoms. The summed E-state index contributed by atoms with van der Waals surface area (Å²) in [4.78, 5) is 15.2. The van der Waals surface area contributed by atoms with Gasteiger partial charge < -0.3 is 4.90 Å². The Balaban J connectivity index is 1.68. The molecule has 0 aromatic heterocycles. The lowest BCUT2D eigenvalue weighted by Gasteiger charge is -2.28. The maximum Gasteiger partial charge on any atom is 0.243 e. The van der Waals surface area contributed by atoms with Crippen molar-refractivity contribution >= 4 is 72.4 Å². The van der Waals surface area contributed by atoms with Crippen LogP contribution in [0.3, 0.4) is 0 Å². The molecular formula is C24H20BrCl3N2O3S. The highest BCUT2D eigenvalue weighted by Crippen LogP contribution is 2.35. The van der Waals surface area contributed by atoms with E-state index in [0.29, 0.717) is 27.1 Å². The van der Waals surface area contributed by atoms with E-state index in [-0.39, 0.29) is 29.9 Å². The van der Waals surface area contributed by atoms with Gasteiger partial charge in [-0.2, -0.15) is 4.31 Å². The van der Waals surface area contributed by atoms with Crippen LogP contribution in [0.2, 0.25) is 15.1 Å². The van der Waals surface area contributed by atoms with Crippen molar-refractivity contribution in [2.24, 2.45) is 0 Å². The van der Waals surface area contributed by atoms with Crippen molar-refractivity contribution < 1.29 is 13.2 Å². The van der Waals surface area contributed by atoms with E-state index in [0.717, 1.165) is 20.0 Å². The van der Waals surface area contributed by atoms with Gasteiger partial charge in [0.2, 0.25) is 15.9 Å². The lowest BCUT2D eigenvalue weighted by atomic mass is 10.1. The molecule has 3 aromatic rings. The first-order chi connectivity index (χ1) is 16.1. The number of sulfonamides is 1. The summed E-state index contributed by atoms with van der Waals surface area (Å²) in [5, 5.41) is 1.09. The maximum absolute atomic E-state index is 13.6. The van der Waals surface area contributed by atoms with Gasteiger partial charge in [0.15, 0.2) is 0 Å². The summed E-state index contributed by atoms with van der Waals surface area (Å²) in [5.41, 5.74) is 2.43. The summed E-state index contributed by atoms with van der Waals surface area (Å²) in [6.45, 7) is 1.55. The minimum absolute atomic E-state index is 0.0450. The molecule has 0 unspecified atom stereocenters. The highest BCUT2D eigenvalue weighted by atomic mass is 79.9.